The molecule has 1 N–H and O–H groups in total. The number of thioether (sulfide) groups is 1. The molecule has 0 amide bonds. The Labute approximate surface area is 110 Å². The fraction of sp³-hybridized carbons (Fsp3) is 0.727. The molecule has 0 spiro atoms. The fourth-order valence-electron chi connectivity index (χ4n) is 2.43. The first-order valence-corrected chi connectivity index (χ1v) is 7.11. The van der Waals surface area contributed by atoms with Gasteiger partial charge in [0.1, 0.15) is 6.33 Å². The highest BCUT2D eigenvalue weighted by Gasteiger charge is 2.27. The molecule has 1 aromatic rings. The van der Waals surface area contributed by atoms with E-state index in [1.165, 1.54) is 18.2 Å². The Morgan fingerprint density at radius 3 is 2.78 bits per heavy atom. The minimum atomic E-state index is -0.839. The molecule has 2 heterocycles. The first-order valence-electron chi connectivity index (χ1n) is 6.13. The molecule has 2 unspecified atom stereocenters. The predicted molar refractivity (Wildman–Crippen MR) is 69.4 cm³/mol. The van der Waals surface area contributed by atoms with Gasteiger partial charge >= 0.3 is 5.97 Å². The van der Waals surface area contributed by atoms with Gasteiger partial charge in [-0.05, 0) is 33.1 Å². The van der Waals surface area contributed by atoms with E-state index in [9.17, 15) is 4.79 Å². The molecule has 7 heteroatoms. The molecular formula is C11H18N4O2S. The maximum absolute atomic E-state index is 10.6. The summed E-state index contributed by atoms with van der Waals surface area (Å²) in [5.41, 5.74) is 0. The maximum Gasteiger partial charge on any atom is 0.313 e. The second-order valence-electron chi connectivity index (χ2n) is 4.65. The van der Waals surface area contributed by atoms with Crippen molar-refractivity contribution in [1.82, 2.24) is 14.9 Å². The second-order valence-corrected chi connectivity index (χ2v) is 5.59. The topological polar surface area (TPSA) is 71.2 Å². The van der Waals surface area contributed by atoms with Crippen molar-refractivity contribution in [3.63, 3.8) is 0 Å². The predicted octanol–water partition coefficient (Wildman–Crippen LogP) is 1.35. The van der Waals surface area contributed by atoms with Gasteiger partial charge in [0.25, 0.3) is 0 Å². The van der Waals surface area contributed by atoms with E-state index in [0.717, 1.165) is 12.8 Å². The van der Waals surface area contributed by atoms with Gasteiger partial charge in [-0.25, -0.2) is 4.68 Å². The van der Waals surface area contributed by atoms with E-state index < -0.39 is 5.97 Å². The van der Waals surface area contributed by atoms with Gasteiger partial charge in [-0.3, -0.25) is 4.79 Å². The van der Waals surface area contributed by atoms with Gasteiger partial charge in [0.05, 0.1) is 5.75 Å². The Kier molecular flexibility index (Phi) is 4.11. The summed E-state index contributed by atoms with van der Waals surface area (Å²) >= 11 is 1.21. The lowest BCUT2D eigenvalue weighted by Gasteiger charge is -2.41. The quantitative estimate of drug-likeness (QED) is 0.833. The first kappa shape index (κ1) is 13.2. The first-order chi connectivity index (χ1) is 8.59. The van der Waals surface area contributed by atoms with Crippen LogP contribution >= 0.6 is 11.8 Å². The van der Waals surface area contributed by atoms with Crippen molar-refractivity contribution in [2.24, 2.45) is 0 Å². The maximum atomic E-state index is 10.6. The minimum absolute atomic E-state index is 0.00922. The average molecular weight is 270 g/mol. The SMILES string of the molecule is CC1CCCC(C)N1n1cnnc1SCC(=O)O. The molecule has 2 atom stereocenters. The standard InChI is InChI=1S/C11H18N4O2S/c1-8-4-3-5-9(2)15(8)14-7-12-13-11(14)18-6-10(16)17/h7-9H,3-6H2,1-2H3,(H,16,17). The van der Waals surface area contributed by atoms with E-state index in [4.69, 9.17) is 5.11 Å². The van der Waals surface area contributed by atoms with Crippen LogP contribution in [0.4, 0.5) is 0 Å². The van der Waals surface area contributed by atoms with Crippen molar-refractivity contribution >= 4 is 17.7 Å². The zero-order valence-corrected chi connectivity index (χ0v) is 11.4. The molecule has 0 aromatic carbocycles. The molecule has 1 aromatic heterocycles. The zero-order chi connectivity index (χ0) is 13.1. The third-order valence-electron chi connectivity index (χ3n) is 3.22. The number of carboxylic acids is 1. The van der Waals surface area contributed by atoms with Gasteiger partial charge in [0.15, 0.2) is 0 Å². The number of nitrogens with zero attached hydrogens (tertiary/aromatic N) is 4. The highest BCUT2D eigenvalue weighted by molar-refractivity contribution is 7.99. The number of carboxylic acid groups (broad SMARTS) is 1. The van der Waals surface area contributed by atoms with Crippen molar-refractivity contribution in [2.45, 2.75) is 50.4 Å². The summed E-state index contributed by atoms with van der Waals surface area (Å²) in [6.45, 7) is 4.36. The Bertz CT molecular complexity index is 413. The Morgan fingerprint density at radius 2 is 2.17 bits per heavy atom. The molecule has 1 fully saturated rings. The summed E-state index contributed by atoms with van der Waals surface area (Å²) in [7, 11) is 0. The normalized spacial score (nSPS) is 24.2. The van der Waals surface area contributed by atoms with Crippen LogP contribution in [0, 0.1) is 0 Å². The average Bonchev–Trinajstić information content (AvgIpc) is 2.74. The van der Waals surface area contributed by atoms with Crippen LogP contribution in [0.5, 0.6) is 0 Å². The molecule has 100 valence electrons. The monoisotopic (exact) mass is 270 g/mol. The number of aromatic nitrogens is 3. The second kappa shape index (κ2) is 5.60. The summed E-state index contributed by atoms with van der Waals surface area (Å²) < 4.78 is 1.90. The van der Waals surface area contributed by atoms with Crippen molar-refractivity contribution in [1.29, 1.82) is 0 Å². The number of hydrogen-bond donors (Lipinski definition) is 1. The number of rotatable bonds is 4. The summed E-state index contributed by atoms with van der Waals surface area (Å²) in [5, 5.41) is 19.5. The lowest BCUT2D eigenvalue weighted by atomic mass is 10.00. The van der Waals surface area contributed by atoms with Gasteiger partial charge in [-0.15, -0.1) is 10.2 Å². The van der Waals surface area contributed by atoms with Gasteiger partial charge in [-0.2, -0.15) is 0 Å². The van der Waals surface area contributed by atoms with E-state index in [1.807, 2.05) is 4.68 Å². The third-order valence-corrected chi connectivity index (χ3v) is 4.14. The van der Waals surface area contributed by atoms with E-state index in [-0.39, 0.29) is 5.75 Å². The van der Waals surface area contributed by atoms with Gasteiger partial charge in [0.2, 0.25) is 5.16 Å². The highest BCUT2D eigenvalue weighted by Crippen LogP contribution is 2.24. The van der Waals surface area contributed by atoms with Crippen LogP contribution in [0.15, 0.2) is 11.5 Å². The Balaban J connectivity index is 2.16. The smallest absolute Gasteiger partial charge is 0.313 e. The molecule has 1 aliphatic heterocycles. The van der Waals surface area contributed by atoms with Crippen LogP contribution in [0.25, 0.3) is 0 Å². The molecule has 18 heavy (non-hydrogen) atoms. The number of aliphatic carboxylic acids is 1. The largest absolute Gasteiger partial charge is 0.481 e. The van der Waals surface area contributed by atoms with Crippen molar-refractivity contribution in [2.75, 3.05) is 10.8 Å². The summed E-state index contributed by atoms with van der Waals surface area (Å²) in [6, 6.07) is 0.850. The molecule has 1 aliphatic rings. The van der Waals surface area contributed by atoms with Crippen molar-refractivity contribution in [3.8, 4) is 0 Å². The molecule has 2 rings (SSSR count). The summed E-state index contributed by atoms with van der Waals surface area (Å²) in [5.74, 6) is -0.829. The molecule has 0 aliphatic carbocycles. The molecular weight excluding hydrogens is 252 g/mol. The lowest BCUT2D eigenvalue weighted by Crippen LogP contribution is -2.51. The third kappa shape index (κ3) is 2.77. The summed E-state index contributed by atoms with van der Waals surface area (Å²) in [4.78, 5) is 10.6. The van der Waals surface area contributed by atoms with Crippen LogP contribution in [0.3, 0.4) is 0 Å². The Hall–Kier alpha value is -1.24. The number of piperidine rings is 1. The van der Waals surface area contributed by atoms with Crippen molar-refractivity contribution < 1.29 is 9.90 Å². The zero-order valence-electron chi connectivity index (χ0n) is 10.6. The van der Waals surface area contributed by atoms with Gasteiger partial charge in [-0.1, -0.05) is 11.8 Å². The van der Waals surface area contributed by atoms with Crippen LogP contribution in [-0.2, 0) is 4.79 Å². The molecule has 6 nitrogen and oxygen atoms in total. The van der Waals surface area contributed by atoms with E-state index in [0.29, 0.717) is 17.2 Å². The van der Waals surface area contributed by atoms with E-state index in [1.54, 1.807) is 6.33 Å². The van der Waals surface area contributed by atoms with E-state index >= 15 is 0 Å². The van der Waals surface area contributed by atoms with Crippen LogP contribution in [0.1, 0.15) is 33.1 Å². The van der Waals surface area contributed by atoms with Crippen molar-refractivity contribution in [3.05, 3.63) is 6.33 Å². The number of hydrogen-bond acceptors (Lipinski definition) is 5. The minimum Gasteiger partial charge on any atom is -0.481 e. The fourth-order valence-corrected chi connectivity index (χ4v) is 3.06. The van der Waals surface area contributed by atoms with E-state index in [2.05, 4.69) is 29.1 Å². The van der Waals surface area contributed by atoms with Crippen LogP contribution in [-0.4, -0.2) is 43.8 Å². The van der Waals surface area contributed by atoms with Crippen LogP contribution < -0.4 is 5.01 Å². The van der Waals surface area contributed by atoms with Crippen LogP contribution in [0.2, 0.25) is 0 Å². The van der Waals surface area contributed by atoms with Gasteiger partial charge < -0.3 is 10.1 Å². The lowest BCUT2D eigenvalue weighted by molar-refractivity contribution is -0.133. The number of carbonyl (C=O) groups is 1. The Morgan fingerprint density at radius 1 is 1.50 bits per heavy atom. The molecule has 0 bridgehead atoms. The molecule has 0 saturated carbocycles. The summed E-state index contributed by atoms with van der Waals surface area (Å²) in [6.07, 6.45) is 5.19. The highest BCUT2D eigenvalue weighted by atomic mass is 32.2. The van der Waals surface area contributed by atoms with Gasteiger partial charge in [0, 0.05) is 12.1 Å². The molecule has 1 saturated heterocycles. The molecule has 0 radical (unpaired) electrons.